The Hall–Kier alpha value is -1.02. The monoisotopic (exact) mass is 194 g/mol. The van der Waals surface area contributed by atoms with Crippen molar-refractivity contribution in [2.24, 2.45) is 0 Å². The molecule has 0 aliphatic carbocycles. The van der Waals surface area contributed by atoms with Crippen molar-refractivity contribution < 1.29 is 34.8 Å². The van der Waals surface area contributed by atoms with Crippen molar-refractivity contribution in [3.8, 4) is 0 Å². The Balaban J connectivity index is 4.25. The van der Waals surface area contributed by atoms with Gasteiger partial charge in [0, 0.05) is 0 Å². The molecule has 0 aliphatic rings. The number of carbonyl (C=O) groups excluding carboxylic acids is 2. The zero-order valence-corrected chi connectivity index (χ0v) is 6.58. The Bertz CT molecular complexity index is 191. The van der Waals surface area contributed by atoms with E-state index in [0.29, 0.717) is 0 Å². The summed E-state index contributed by atoms with van der Waals surface area (Å²) in [6.07, 6.45) is -2.05. The molecular weight excluding hydrogens is 184 g/mol. The van der Waals surface area contributed by atoms with E-state index in [4.69, 9.17) is 20.4 Å². The molecule has 0 bridgehead atoms. The first kappa shape index (κ1) is 12.0. The quantitative estimate of drug-likeness (QED) is 0.206. The first-order valence-corrected chi connectivity index (χ1v) is 3.30. The summed E-state index contributed by atoms with van der Waals surface area (Å²) in [6, 6.07) is 0. The van der Waals surface area contributed by atoms with Gasteiger partial charge in [-0.2, -0.15) is 0 Å². The maximum atomic E-state index is 10.6. The van der Waals surface area contributed by atoms with E-state index < -0.39 is 31.1 Å². The Morgan fingerprint density at radius 1 is 1.54 bits per heavy atom. The molecule has 7 nitrogen and oxygen atoms in total. The fourth-order valence-electron chi connectivity index (χ4n) is 0.410. The van der Waals surface area contributed by atoms with Crippen LogP contribution in [0.4, 0.5) is 0 Å². The van der Waals surface area contributed by atoms with Gasteiger partial charge in [-0.25, -0.2) is 4.79 Å². The highest BCUT2D eigenvalue weighted by Crippen LogP contribution is 2.03. The molecule has 4 N–H and O–H groups in total. The van der Waals surface area contributed by atoms with Crippen molar-refractivity contribution in [3.63, 3.8) is 0 Å². The van der Waals surface area contributed by atoms with Gasteiger partial charge in [-0.3, -0.25) is 4.79 Å². The molecule has 0 fully saturated rings. The summed E-state index contributed by atoms with van der Waals surface area (Å²) in [4.78, 5) is 20.7. The first-order valence-electron chi connectivity index (χ1n) is 3.30. The Labute approximate surface area is 73.2 Å². The van der Waals surface area contributed by atoms with Gasteiger partial charge in [-0.1, -0.05) is 0 Å². The fraction of sp³-hybridized carbons (Fsp3) is 0.667. The number of ether oxygens (including phenoxy) is 1. The van der Waals surface area contributed by atoms with E-state index in [9.17, 15) is 9.59 Å². The van der Waals surface area contributed by atoms with Crippen LogP contribution in [0, 0.1) is 0 Å². The molecule has 76 valence electrons. The third-order valence-corrected chi connectivity index (χ3v) is 1.13. The molecule has 0 aromatic heterocycles. The largest absolute Gasteiger partial charge is 0.421 e. The normalized spacial score (nSPS) is 17.2. The van der Waals surface area contributed by atoms with Gasteiger partial charge in [0.05, 0.1) is 6.61 Å². The molecule has 0 heterocycles. The molecule has 0 saturated carbocycles. The molecule has 2 unspecified atom stereocenters. The maximum absolute atomic E-state index is 10.6. The lowest BCUT2D eigenvalue weighted by Gasteiger charge is -2.20. The third-order valence-electron chi connectivity index (χ3n) is 1.13. The van der Waals surface area contributed by atoms with Crippen molar-refractivity contribution in [1.29, 1.82) is 0 Å². The number of aldehydes is 1. The number of hydrogen-bond acceptors (Lipinski definition) is 7. The molecule has 0 rings (SSSR count). The number of esters is 1. The predicted molar refractivity (Wildman–Crippen MR) is 37.3 cm³/mol. The van der Waals surface area contributed by atoms with Crippen LogP contribution in [0.2, 0.25) is 0 Å². The van der Waals surface area contributed by atoms with E-state index in [0.717, 1.165) is 0 Å². The fourth-order valence-corrected chi connectivity index (χ4v) is 0.410. The minimum absolute atomic E-state index is 0.199. The van der Waals surface area contributed by atoms with E-state index in [1.165, 1.54) is 0 Å². The molecule has 0 saturated heterocycles. The van der Waals surface area contributed by atoms with Crippen LogP contribution in [-0.2, 0) is 14.3 Å². The molecular formula is C6H10O7. The van der Waals surface area contributed by atoms with Crippen molar-refractivity contribution in [1.82, 2.24) is 0 Å². The second-order valence-corrected chi connectivity index (χ2v) is 2.24. The average molecular weight is 194 g/mol. The highest BCUT2D eigenvalue weighted by atomic mass is 16.7. The number of hydrogen-bond donors (Lipinski definition) is 4. The molecule has 0 amide bonds. The van der Waals surface area contributed by atoms with Crippen molar-refractivity contribution >= 4 is 12.3 Å². The van der Waals surface area contributed by atoms with Crippen LogP contribution in [0.15, 0.2) is 0 Å². The lowest BCUT2D eigenvalue weighted by Crippen LogP contribution is -2.43. The molecule has 0 aliphatic heterocycles. The van der Waals surface area contributed by atoms with Gasteiger partial charge >= 0.3 is 5.97 Å². The van der Waals surface area contributed by atoms with Crippen LogP contribution < -0.4 is 0 Å². The Morgan fingerprint density at radius 3 is 2.38 bits per heavy atom. The van der Waals surface area contributed by atoms with E-state index >= 15 is 0 Å². The van der Waals surface area contributed by atoms with Crippen LogP contribution in [0.25, 0.3) is 0 Å². The highest BCUT2D eigenvalue weighted by molar-refractivity contribution is 5.77. The van der Waals surface area contributed by atoms with E-state index in [1.807, 2.05) is 0 Å². The van der Waals surface area contributed by atoms with Gasteiger partial charge in [-0.15, -0.1) is 0 Å². The van der Waals surface area contributed by atoms with Crippen LogP contribution in [0.3, 0.4) is 0 Å². The highest BCUT2D eigenvalue weighted by Gasteiger charge is 2.32. The Morgan fingerprint density at radius 2 is 2.08 bits per heavy atom. The summed E-state index contributed by atoms with van der Waals surface area (Å²) in [5.41, 5.74) is 0. The van der Waals surface area contributed by atoms with Crippen molar-refractivity contribution in [2.75, 3.05) is 13.2 Å². The zero-order valence-electron chi connectivity index (χ0n) is 6.58. The van der Waals surface area contributed by atoms with Crippen LogP contribution in [0.1, 0.15) is 0 Å². The number of rotatable bonds is 5. The average Bonchev–Trinajstić information content (AvgIpc) is 2.16. The van der Waals surface area contributed by atoms with Crippen LogP contribution in [0.5, 0.6) is 0 Å². The molecule has 0 aromatic rings. The molecule has 13 heavy (non-hydrogen) atoms. The van der Waals surface area contributed by atoms with Gasteiger partial charge in [0.25, 0.3) is 5.79 Å². The van der Waals surface area contributed by atoms with Gasteiger partial charge in [0.2, 0.25) is 0 Å². The van der Waals surface area contributed by atoms with Crippen LogP contribution in [-0.4, -0.2) is 57.8 Å². The van der Waals surface area contributed by atoms with E-state index in [-0.39, 0.29) is 6.29 Å². The number of carbonyl (C=O) groups is 2. The minimum atomic E-state index is -2.66. The summed E-state index contributed by atoms with van der Waals surface area (Å²) in [6.45, 7) is -2.03. The second kappa shape index (κ2) is 4.87. The zero-order chi connectivity index (χ0) is 10.5. The molecule has 2 atom stereocenters. The van der Waals surface area contributed by atoms with Gasteiger partial charge in [-0.05, 0) is 0 Å². The van der Waals surface area contributed by atoms with E-state index in [2.05, 4.69) is 4.74 Å². The summed E-state index contributed by atoms with van der Waals surface area (Å²) in [7, 11) is 0. The number of aliphatic hydroxyl groups is 4. The molecule has 0 radical (unpaired) electrons. The summed E-state index contributed by atoms with van der Waals surface area (Å²) in [5, 5.41) is 34.2. The standard InChI is InChI=1S/C6H10O7/c7-1-4(10)5(11)13-6(12,2-8)3-9/h2,4,7,9-10,12H,1,3H2. The lowest BCUT2D eigenvalue weighted by atomic mass is 10.3. The lowest BCUT2D eigenvalue weighted by molar-refractivity contribution is -0.219. The molecule has 7 heteroatoms. The summed E-state index contributed by atoms with van der Waals surface area (Å²) >= 11 is 0. The Kier molecular flexibility index (Phi) is 4.49. The minimum Gasteiger partial charge on any atom is -0.421 e. The topological polar surface area (TPSA) is 124 Å². The van der Waals surface area contributed by atoms with Gasteiger partial charge in [0.15, 0.2) is 12.4 Å². The smallest absolute Gasteiger partial charge is 0.340 e. The van der Waals surface area contributed by atoms with Gasteiger partial charge < -0.3 is 25.2 Å². The number of aliphatic hydroxyl groups excluding tert-OH is 3. The predicted octanol–water partition coefficient (Wildman–Crippen LogP) is -3.24. The molecule has 0 aromatic carbocycles. The summed E-state index contributed by atoms with van der Waals surface area (Å²) in [5.74, 6) is -4.06. The molecule has 0 spiro atoms. The van der Waals surface area contributed by atoms with Crippen molar-refractivity contribution in [3.05, 3.63) is 0 Å². The third kappa shape index (κ3) is 3.47. The van der Waals surface area contributed by atoms with Crippen molar-refractivity contribution in [2.45, 2.75) is 11.9 Å². The second-order valence-electron chi connectivity index (χ2n) is 2.24. The van der Waals surface area contributed by atoms with E-state index in [1.54, 1.807) is 0 Å². The maximum Gasteiger partial charge on any atom is 0.340 e. The van der Waals surface area contributed by atoms with Gasteiger partial charge in [0.1, 0.15) is 6.61 Å². The summed E-state index contributed by atoms with van der Waals surface area (Å²) < 4.78 is 3.98. The first-order chi connectivity index (χ1) is 5.99. The van der Waals surface area contributed by atoms with Crippen LogP contribution >= 0.6 is 0 Å². The SMILES string of the molecule is O=CC(O)(CO)OC(=O)C(O)CO.